The first-order chi connectivity index (χ1) is 12.8. The van der Waals surface area contributed by atoms with Gasteiger partial charge in [-0.05, 0) is 56.4 Å². The Balaban J connectivity index is 1.42. The third-order valence-electron chi connectivity index (χ3n) is 4.73. The molecule has 1 aliphatic carbocycles. The number of carbonyl (C=O) groups is 4. The topological polar surface area (TPSA) is 105 Å². The second-order valence-electron chi connectivity index (χ2n) is 7.31. The first-order valence-corrected chi connectivity index (χ1v) is 8.97. The fraction of sp³-hybridized carbons (Fsp3) is 0.474. The molecule has 1 aromatic carbocycles. The number of hydrogen-bond donors (Lipinski definition) is 2. The maximum absolute atomic E-state index is 12.0. The van der Waals surface area contributed by atoms with Crippen molar-refractivity contribution >= 4 is 29.5 Å². The molecule has 2 N–H and O–H groups in total. The Morgan fingerprint density at radius 1 is 1.22 bits per heavy atom. The molecule has 1 aromatic rings. The van der Waals surface area contributed by atoms with Gasteiger partial charge in [0.2, 0.25) is 0 Å². The van der Waals surface area contributed by atoms with Crippen LogP contribution in [-0.4, -0.2) is 47.4 Å². The lowest BCUT2D eigenvalue weighted by molar-refractivity contribution is -0.147. The summed E-state index contributed by atoms with van der Waals surface area (Å²) in [5, 5.41) is 5.24. The van der Waals surface area contributed by atoms with Gasteiger partial charge in [0.05, 0.1) is 6.42 Å². The van der Waals surface area contributed by atoms with E-state index in [2.05, 4.69) is 10.6 Å². The van der Waals surface area contributed by atoms with Crippen molar-refractivity contribution in [1.29, 1.82) is 0 Å². The van der Waals surface area contributed by atoms with Gasteiger partial charge in [0.1, 0.15) is 5.54 Å². The number of esters is 1. The van der Waals surface area contributed by atoms with Gasteiger partial charge in [-0.3, -0.25) is 19.3 Å². The number of amides is 4. The van der Waals surface area contributed by atoms with Crippen LogP contribution in [0, 0.1) is 0 Å². The van der Waals surface area contributed by atoms with E-state index < -0.39 is 36.0 Å². The van der Waals surface area contributed by atoms with Crippen LogP contribution in [0.15, 0.2) is 18.2 Å². The minimum absolute atomic E-state index is 0.0840. The van der Waals surface area contributed by atoms with Gasteiger partial charge in [-0.2, -0.15) is 0 Å². The Morgan fingerprint density at radius 3 is 2.67 bits per heavy atom. The Bertz CT molecular complexity index is 803. The first-order valence-electron chi connectivity index (χ1n) is 8.97. The minimum atomic E-state index is -0.975. The smallest absolute Gasteiger partial charge is 0.325 e. The Hall–Kier alpha value is -2.90. The van der Waals surface area contributed by atoms with E-state index in [1.165, 1.54) is 11.1 Å². The predicted octanol–water partition coefficient (Wildman–Crippen LogP) is 1.38. The molecule has 0 spiro atoms. The van der Waals surface area contributed by atoms with Crippen molar-refractivity contribution in [1.82, 2.24) is 10.2 Å². The number of nitrogens with zero attached hydrogens (tertiary/aromatic N) is 1. The minimum Gasteiger partial charge on any atom is -0.456 e. The van der Waals surface area contributed by atoms with Gasteiger partial charge in [0.15, 0.2) is 6.61 Å². The molecule has 4 amide bonds. The lowest BCUT2D eigenvalue weighted by atomic mass is 10.1. The third-order valence-corrected chi connectivity index (χ3v) is 4.73. The summed E-state index contributed by atoms with van der Waals surface area (Å²) in [6, 6.07) is 5.25. The molecule has 0 atom stereocenters. The van der Waals surface area contributed by atoms with Crippen LogP contribution in [-0.2, 0) is 32.0 Å². The quantitative estimate of drug-likeness (QED) is 0.579. The first kappa shape index (κ1) is 18.9. The second-order valence-corrected chi connectivity index (χ2v) is 7.31. The molecule has 1 saturated heterocycles. The summed E-state index contributed by atoms with van der Waals surface area (Å²) >= 11 is 0. The average Bonchev–Trinajstić information content (AvgIpc) is 3.14. The molecular formula is C19H23N3O5. The van der Waals surface area contributed by atoms with E-state index in [9.17, 15) is 19.2 Å². The van der Waals surface area contributed by atoms with Crippen LogP contribution in [0.4, 0.5) is 10.5 Å². The van der Waals surface area contributed by atoms with Gasteiger partial charge in [0.25, 0.3) is 11.8 Å². The zero-order valence-corrected chi connectivity index (χ0v) is 15.5. The molecule has 0 bridgehead atoms. The summed E-state index contributed by atoms with van der Waals surface area (Å²) in [6.45, 7) is 2.69. The summed E-state index contributed by atoms with van der Waals surface area (Å²) in [4.78, 5) is 48.5. The second kappa shape index (κ2) is 7.38. The van der Waals surface area contributed by atoms with Crippen molar-refractivity contribution in [3.8, 4) is 0 Å². The number of carbonyl (C=O) groups excluding carboxylic acids is 4. The normalized spacial score (nSPS) is 17.5. The predicted molar refractivity (Wildman–Crippen MR) is 97.0 cm³/mol. The molecule has 1 aliphatic heterocycles. The number of nitrogens with one attached hydrogen (secondary N) is 2. The molecule has 0 radical (unpaired) electrons. The number of urea groups is 1. The molecule has 0 saturated carbocycles. The van der Waals surface area contributed by atoms with Gasteiger partial charge in [-0.1, -0.05) is 6.07 Å². The Morgan fingerprint density at radius 2 is 1.96 bits per heavy atom. The molecule has 1 fully saturated rings. The SMILES string of the molecule is CC1(C)NC(=O)N(CCC(=O)OCC(=O)Nc2ccc3c(c2)CCC3)C1=O. The summed E-state index contributed by atoms with van der Waals surface area (Å²) in [7, 11) is 0. The average molecular weight is 373 g/mol. The molecule has 144 valence electrons. The lowest BCUT2D eigenvalue weighted by Crippen LogP contribution is -2.40. The summed E-state index contributed by atoms with van der Waals surface area (Å²) < 4.78 is 4.93. The van der Waals surface area contributed by atoms with E-state index in [4.69, 9.17) is 4.74 Å². The molecule has 0 aromatic heterocycles. The number of hydrogen-bond acceptors (Lipinski definition) is 5. The van der Waals surface area contributed by atoms with Gasteiger partial charge in [-0.15, -0.1) is 0 Å². The van der Waals surface area contributed by atoms with Gasteiger partial charge in [-0.25, -0.2) is 4.79 Å². The van der Waals surface area contributed by atoms with Crippen LogP contribution >= 0.6 is 0 Å². The lowest BCUT2D eigenvalue weighted by Gasteiger charge is -2.15. The molecule has 27 heavy (non-hydrogen) atoms. The zero-order valence-electron chi connectivity index (χ0n) is 15.5. The maximum atomic E-state index is 12.0. The summed E-state index contributed by atoms with van der Waals surface area (Å²) in [5.41, 5.74) is 2.25. The standard InChI is InChI=1S/C19H23N3O5/c1-19(2)17(25)22(18(26)21-19)9-8-16(24)27-11-15(23)20-14-7-6-12-4-3-5-13(12)10-14/h6-7,10H,3-5,8-9,11H2,1-2H3,(H,20,23)(H,21,26). The fourth-order valence-corrected chi connectivity index (χ4v) is 3.29. The number of benzene rings is 1. The third kappa shape index (κ3) is 4.27. The molecule has 3 rings (SSSR count). The van der Waals surface area contributed by atoms with Gasteiger partial charge >= 0.3 is 12.0 Å². The highest BCUT2D eigenvalue weighted by Crippen LogP contribution is 2.24. The van der Waals surface area contributed by atoms with E-state index in [0.29, 0.717) is 5.69 Å². The highest BCUT2D eigenvalue weighted by atomic mass is 16.5. The summed E-state index contributed by atoms with van der Waals surface area (Å²) in [6.07, 6.45) is 3.03. The number of rotatable bonds is 6. The van der Waals surface area contributed by atoms with Crippen LogP contribution in [0.1, 0.15) is 37.8 Å². The Labute approximate surface area is 157 Å². The number of anilines is 1. The molecule has 8 heteroatoms. The number of ether oxygens (including phenoxy) is 1. The van der Waals surface area contributed by atoms with Gasteiger partial charge in [0, 0.05) is 12.2 Å². The van der Waals surface area contributed by atoms with Crippen LogP contribution in [0.5, 0.6) is 0 Å². The van der Waals surface area contributed by atoms with Crippen LogP contribution in [0.25, 0.3) is 0 Å². The molecule has 0 unspecified atom stereocenters. The largest absolute Gasteiger partial charge is 0.456 e. The van der Waals surface area contributed by atoms with Crippen molar-refractivity contribution in [3.05, 3.63) is 29.3 Å². The van der Waals surface area contributed by atoms with Crippen molar-refractivity contribution < 1.29 is 23.9 Å². The van der Waals surface area contributed by atoms with E-state index in [0.717, 1.165) is 24.2 Å². The van der Waals surface area contributed by atoms with Crippen molar-refractivity contribution in [3.63, 3.8) is 0 Å². The van der Waals surface area contributed by atoms with E-state index in [-0.39, 0.29) is 13.0 Å². The molecular weight excluding hydrogens is 350 g/mol. The van der Waals surface area contributed by atoms with Gasteiger partial charge < -0.3 is 15.4 Å². The number of aryl methyl sites for hydroxylation is 2. The van der Waals surface area contributed by atoms with E-state index in [1.54, 1.807) is 13.8 Å². The van der Waals surface area contributed by atoms with E-state index >= 15 is 0 Å². The number of fused-ring (bicyclic) bond motifs is 1. The van der Waals surface area contributed by atoms with E-state index in [1.807, 2.05) is 18.2 Å². The van der Waals surface area contributed by atoms with Crippen LogP contribution in [0.3, 0.4) is 0 Å². The van der Waals surface area contributed by atoms with Crippen molar-refractivity contribution in [2.45, 2.75) is 45.1 Å². The fourth-order valence-electron chi connectivity index (χ4n) is 3.29. The molecule has 8 nitrogen and oxygen atoms in total. The number of imide groups is 1. The van der Waals surface area contributed by atoms with Crippen molar-refractivity contribution in [2.75, 3.05) is 18.5 Å². The molecule has 1 heterocycles. The summed E-state index contributed by atoms with van der Waals surface area (Å²) in [5.74, 6) is -1.48. The Kier molecular flexibility index (Phi) is 5.16. The highest BCUT2D eigenvalue weighted by molar-refractivity contribution is 6.06. The zero-order chi connectivity index (χ0) is 19.6. The van der Waals surface area contributed by atoms with Crippen LogP contribution in [0.2, 0.25) is 0 Å². The maximum Gasteiger partial charge on any atom is 0.325 e. The van der Waals surface area contributed by atoms with Crippen molar-refractivity contribution in [2.24, 2.45) is 0 Å². The molecule has 2 aliphatic rings. The van der Waals surface area contributed by atoms with Crippen LogP contribution < -0.4 is 10.6 Å². The monoisotopic (exact) mass is 373 g/mol. The highest BCUT2D eigenvalue weighted by Gasteiger charge is 2.44.